The number of halogens is 2. The molecule has 1 atom stereocenters. The van der Waals surface area contributed by atoms with Crippen LogP contribution < -0.4 is 14.8 Å². The highest BCUT2D eigenvalue weighted by atomic mass is 35.5. The predicted octanol–water partition coefficient (Wildman–Crippen LogP) is 3.68. The van der Waals surface area contributed by atoms with Gasteiger partial charge in [0.1, 0.15) is 11.5 Å². The van der Waals surface area contributed by atoms with Crippen LogP contribution in [-0.4, -0.2) is 25.2 Å². The van der Waals surface area contributed by atoms with E-state index in [1.165, 1.54) is 20.3 Å². The molecule has 0 heterocycles. The van der Waals surface area contributed by atoms with Gasteiger partial charge in [0.05, 0.1) is 24.9 Å². The van der Waals surface area contributed by atoms with Crippen LogP contribution in [0.2, 0.25) is 10.0 Å². The molecule has 0 aliphatic heterocycles. The Hall–Kier alpha value is -1.95. The molecule has 0 aliphatic rings. The summed E-state index contributed by atoms with van der Waals surface area (Å²) in [7, 11) is 2.92. The van der Waals surface area contributed by atoms with Gasteiger partial charge >= 0.3 is 0 Å². The molecule has 2 N–H and O–H groups in total. The molecule has 0 aliphatic carbocycles. The van der Waals surface area contributed by atoms with E-state index in [0.29, 0.717) is 32.8 Å². The maximum Gasteiger partial charge on any atom is 0.258 e. The first-order valence-corrected chi connectivity index (χ1v) is 7.38. The molecule has 2 rings (SSSR count). The van der Waals surface area contributed by atoms with Crippen LogP contribution in [0.25, 0.3) is 0 Å². The molecule has 0 unspecified atom stereocenters. The van der Waals surface area contributed by atoms with E-state index < -0.39 is 12.0 Å². The summed E-state index contributed by atoms with van der Waals surface area (Å²) in [6, 6.07) is 9.59. The number of ether oxygens (including phenoxy) is 2. The van der Waals surface area contributed by atoms with Crippen LogP contribution in [0.3, 0.4) is 0 Å². The van der Waals surface area contributed by atoms with Crippen molar-refractivity contribution in [3.05, 3.63) is 52.0 Å². The fourth-order valence-electron chi connectivity index (χ4n) is 2.00. The number of benzene rings is 2. The van der Waals surface area contributed by atoms with Gasteiger partial charge in [-0.05, 0) is 12.1 Å². The standard InChI is InChI=1S/C16H15Cl2NO4/c1-22-13-8-14(23-2)12(7-11(13)18)19-16(21)15(20)9-5-3-4-6-10(9)17/h3-8,15,20H,1-2H3,(H,19,21)/t15-/m1/s1. The van der Waals surface area contributed by atoms with Crippen molar-refractivity contribution in [2.24, 2.45) is 0 Å². The van der Waals surface area contributed by atoms with Gasteiger partial charge in [-0.2, -0.15) is 0 Å². The maximum atomic E-state index is 12.2. The third kappa shape index (κ3) is 3.88. The van der Waals surface area contributed by atoms with Crippen molar-refractivity contribution in [1.82, 2.24) is 0 Å². The molecule has 0 spiro atoms. The fraction of sp³-hybridized carbons (Fsp3) is 0.188. The number of amides is 1. The number of hydrogen-bond acceptors (Lipinski definition) is 4. The Bertz CT molecular complexity index is 721. The van der Waals surface area contributed by atoms with Crippen LogP contribution in [0.4, 0.5) is 5.69 Å². The number of aliphatic hydroxyl groups excluding tert-OH is 1. The number of carbonyl (C=O) groups is 1. The normalized spacial score (nSPS) is 11.7. The molecular formula is C16H15Cl2NO4. The van der Waals surface area contributed by atoms with Gasteiger partial charge in [0.15, 0.2) is 6.10 Å². The first-order chi connectivity index (χ1) is 11.0. The van der Waals surface area contributed by atoms with Crippen molar-refractivity contribution in [2.45, 2.75) is 6.10 Å². The van der Waals surface area contributed by atoms with Crippen LogP contribution >= 0.6 is 23.2 Å². The number of aliphatic hydroxyl groups is 1. The Morgan fingerprint density at radius 3 is 2.35 bits per heavy atom. The van der Waals surface area contributed by atoms with E-state index in [1.54, 1.807) is 30.3 Å². The number of methoxy groups -OCH3 is 2. The molecule has 0 saturated carbocycles. The molecular weight excluding hydrogens is 341 g/mol. The summed E-state index contributed by atoms with van der Waals surface area (Å²) >= 11 is 12.0. The van der Waals surface area contributed by atoms with Crippen molar-refractivity contribution < 1.29 is 19.4 Å². The number of anilines is 1. The number of rotatable bonds is 5. The van der Waals surface area contributed by atoms with E-state index in [-0.39, 0.29) is 0 Å². The van der Waals surface area contributed by atoms with Gasteiger partial charge in [-0.3, -0.25) is 4.79 Å². The van der Waals surface area contributed by atoms with Crippen molar-refractivity contribution in [2.75, 3.05) is 19.5 Å². The minimum atomic E-state index is -1.42. The summed E-state index contributed by atoms with van der Waals surface area (Å²) in [6.07, 6.45) is -1.42. The van der Waals surface area contributed by atoms with Crippen LogP contribution in [0.5, 0.6) is 11.5 Å². The smallest absolute Gasteiger partial charge is 0.258 e. The molecule has 0 radical (unpaired) electrons. The summed E-state index contributed by atoms with van der Waals surface area (Å²) in [5, 5.41) is 13.3. The van der Waals surface area contributed by atoms with Crippen molar-refractivity contribution >= 4 is 34.8 Å². The number of nitrogens with one attached hydrogen (secondary N) is 1. The molecule has 5 nitrogen and oxygen atoms in total. The molecule has 0 bridgehead atoms. The third-order valence-electron chi connectivity index (χ3n) is 3.18. The molecule has 1 amide bonds. The Labute approximate surface area is 143 Å². The van der Waals surface area contributed by atoms with Gasteiger partial charge in [0, 0.05) is 16.7 Å². The van der Waals surface area contributed by atoms with Crippen LogP contribution in [0.15, 0.2) is 36.4 Å². The van der Waals surface area contributed by atoms with E-state index in [0.717, 1.165) is 0 Å². The molecule has 0 saturated heterocycles. The second kappa shape index (κ2) is 7.55. The van der Waals surface area contributed by atoms with Crippen LogP contribution in [0, 0.1) is 0 Å². The minimum Gasteiger partial charge on any atom is -0.495 e. The second-order valence-corrected chi connectivity index (χ2v) is 5.41. The summed E-state index contributed by atoms with van der Waals surface area (Å²) < 4.78 is 10.3. The molecule has 122 valence electrons. The Kier molecular flexibility index (Phi) is 5.71. The van der Waals surface area contributed by atoms with E-state index >= 15 is 0 Å². The van der Waals surface area contributed by atoms with Crippen LogP contribution in [-0.2, 0) is 4.79 Å². The molecule has 2 aromatic rings. The minimum absolute atomic E-state index is 0.301. The summed E-state index contributed by atoms with van der Waals surface area (Å²) in [5.41, 5.74) is 0.625. The Morgan fingerprint density at radius 2 is 1.74 bits per heavy atom. The lowest BCUT2D eigenvalue weighted by atomic mass is 10.1. The van der Waals surface area contributed by atoms with Crippen molar-refractivity contribution in [1.29, 1.82) is 0 Å². The van der Waals surface area contributed by atoms with Gasteiger partial charge in [-0.25, -0.2) is 0 Å². The zero-order valence-corrected chi connectivity index (χ0v) is 14.0. The lowest BCUT2D eigenvalue weighted by Gasteiger charge is -2.16. The highest BCUT2D eigenvalue weighted by Crippen LogP contribution is 2.36. The maximum absolute atomic E-state index is 12.2. The lowest BCUT2D eigenvalue weighted by molar-refractivity contribution is -0.124. The average molecular weight is 356 g/mol. The Balaban J connectivity index is 2.26. The Morgan fingerprint density at radius 1 is 1.09 bits per heavy atom. The molecule has 23 heavy (non-hydrogen) atoms. The van der Waals surface area contributed by atoms with E-state index in [1.807, 2.05) is 0 Å². The molecule has 0 fully saturated rings. The van der Waals surface area contributed by atoms with Gasteiger partial charge in [-0.15, -0.1) is 0 Å². The van der Waals surface area contributed by atoms with Crippen molar-refractivity contribution in [3.8, 4) is 11.5 Å². The average Bonchev–Trinajstić information content (AvgIpc) is 2.55. The fourth-order valence-corrected chi connectivity index (χ4v) is 2.48. The van der Waals surface area contributed by atoms with E-state index in [9.17, 15) is 9.90 Å². The quantitative estimate of drug-likeness (QED) is 0.858. The van der Waals surface area contributed by atoms with Gasteiger partial charge in [0.2, 0.25) is 0 Å². The summed E-state index contributed by atoms with van der Waals surface area (Å²) in [5.74, 6) is 0.108. The summed E-state index contributed by atoms with van der Waals surface area (Å²) in [4.78, 5) is 12.2. The van der Waals surface area contributed by atoms with Gasteiger partial charge in [0.25, 0.3) is 5.91 Å². The largest absolute Gasteiger partial charge is 0.495 e. The number of hydrogen-bond donors (Lipinski definition) is 2. The monoisotopic (exact) mass is 355 g/mol. The highest BCUT2D eigenvalue weighted by molar-refractivity contribution is 6.32. The summed E-state index contributed by atoms with van der Waals surface area (Å²) in [6.45, 7) is 0. The van der Waals surface area contributed by atoms with E-state index in [2.05, 4.69) is 5.32 Å². The predicted molar refractivity (Wildman–Crippen MR) is 89.6 cm³/mol. The van der Waals surface area contributed by atoms with Crippen molar-refractivity contribution in [3.63, 3.8) is 0 Å². The van der Waals surface area contributed by atoms with Crippen LogP contribution in [0.1, 0.15) is 11.7 Å². The third-order valence-corrected chi connectivity index (χ3v) is 3.82. The highest BCUT2D eigenvalue weighted by Gasteiger charge is 2.21. The first kappa shape index (κ1) is 17.4. The van der Waals surface area contributed by atoms with Gasteiger partial charge < -0.3 is 19.9 Å². The molecule has 0 aromatic heterocycles. The molecule has 2 aromatic carbocycles. The van der Waals surface area contributed by atoms with Gasteiger partial charge in [-0.1, -0.05) is 41.4 Å². The van der Waals surface area contributed by atoms with E-state index in [4.69, 9.17) is 32.7 Å². The first-order valence-electron chi connectivity index (χ1n) is 6.62. The second-order valence-electron chi connectivity index (χ2n) is 4.60. The molecule has 7 heteroatoms. The number of carbonyl (C=O) groups excluding carboxylic acids is 1. The zero-order chi connectivity index (χ0) is 17.0. The SMILES string of the molecule is COc1cc(OC)c(NC(=O)[C@H](O)c2ccccc2Cl)cc1Cl. The lowest BCUT2D eigenvalue weighted by Crippen LogP contribution is -2.21. The zero-order valence-electron chi connectivity index (χ0n) is 12.5. The topological polar surface area (TPSA) is 67.8 Å².